The molecule has 0 aromatic carbocycles. The van der Waals surface area contributed by atoms with Gasteiger partial charge in [0.25, 0.3) is 0 Å². The highest BCUT2D eigenvalue weighted by molar-refractivity contribution is 7.80. The van der Waals surface area contributed by atoms with E-state index in [1.807, 2.05) is 6.92 Å². The van der Waals surface area contributed by atoms with E-state index in [4.69, 9.17) is 4.55 Å². The average Bonchev–Trinajstić information content (AvgIpc) is 2.35. The Balaban J connectivity index is 0. The molecule has 0 spiro atoms. The fourth-order valence-electron chi connectivity index (χ4n) is 1.64. The quantitative estimate of drug-likeness (QED) is 0.337. The van der Waals surface area contributed by atoms with Crippen LogP contribution in [-0.2, 0) is 19.8 Å². The number of ether oxygens (including phenoxy) is 1. The minimum Gasteiger partial charge on any atom is -0.463 e. The van der Waals surface area contributed by atoms with Crippen molar-refractivity contribution in [3.63, 3.8) is 0 Å². The van der Waals surface area contributed by atoms with Gasteiger partial charge in [-0.05, 0) is 34.1 Å². The van der Waals surface area contributed by atoms with Crippen molar-refractivity contribution in [2.45, 2.75) is 41.0 Å². The van der Waals surface area contributed by atoms with Crippen LogP contribution in [0.5, 0.6) is 0 Å². The van der Waals surface area contributed by atoms with Gasteiger partial charge in [-0.2, -0.15) is 3.89 Å². The molecule has 0 aliphatic heterocycles. The third kappa shape index (κ3) is 7.02. The summed E-state index contributed by atoms with van der Waals surface area (Å²) < 4.78 is 35.4. The van der Waals surface area contributed by atoms with E-state index in [9.17, 15) is 13.2 Å². The molecule has 120 valence electrons. The van der Waals surface area contributed by atoms with Gasteiger partial charge in [-0.15, -0.1) is 8.42 Å². The molecule has 0 unspecified atom stereocenters. The molecule has 0 heterocycles. The second-order valence-electron chi connectivity index (χ2n) is 4.36. The van der Waals surface area contributed by atoms with Crippen LogP contribution >= 0.6 is 0 Å². The van der Waals surface area contributed by atoms with Gasteiger partial charge >= 0.3 is 16.3 Å². The highest BCUT2D eigenvalue weighted by Gasteiger charge is 2.36. The maximum atomic E-state index is 11.0. The fourth-order valence-corrected chi connectivity index (χ4v) is 2.71. The number of carbonyl (C=O) groups is 1. The maximum absolute atomic E-state index is 11.0. The third-order valence-electron chi connectivity index (χ3n) is 2.90. The zero-order chi connectivity index (χ0) is 16.4. The molecule has 6 nitrogen and oxygen atoms in total. The summed E-state index contributed by atoms with van der Waals surface area (Å²) in [5.41, 5.74) is 0.451. The standard InChI is InChI=1S/C7H17NO3S.C6H10O2/c1-4-7-8(5-2,6-3)12(9,10)11;1-4-8-6(7)5(2)3/h4-7H2,1-3H3;2,4H2,1,3H3/p+1. The topological polar surface area (TPSA) is 80.7 Å². The van der Waals surface area contributed by atoms with Crippen molar-refractivity contribution < 1.29 is 26.4 Å². The molecule has 0 aliphatic rings. The number of esters is 1. The van der Waals surface area contributed by atoms with Crippen molar-refractivity contribution >= 4 is 16.3 Å². The van der Waals surface area contributed by atoms with Crippen LogP contribution in [0.1, 0.15) is 41.0 Å². The molecule has 7 heteroatoms. The summed E-state index contributed by atoms with van der Waals surface area (Å²) >= 11 is 0. The number of hydrogen-bond donors (Lipinski definition) is 1. The zero-order valence-corrected chi connectivity index (χ0v) is 14.0. The van der Waals surface area contributed by atoms with Crippen LogP contribution in [0.2, 0.25) is 0 Å². The van der Waals surface area contributed by atoms with E-state index >= 15 is 0 Å². The smallest absolute Gasteiger partial charge is 0.432 e. The Labute approximate surface area is 122 Å². The number of hydrogen-bond acceptors (Lipinski definition) is 4. The number of quaternary nitrogens is 1. The van der Waals surface area contributed by atoms with Gasteiger partial charge in [-0.3, -0.25) is 0 Å². The first-order valence-corrected chi connectivity index (χ1v) is 8.17. The summed E-state index contributed by atoms with van der Waals surface area (Å²) in [6, 6.07) is 0. The molecule has 0 radical (unpaired) electrons. The number of nitrogens with zero attached hydrogens (tertiary/aromatic N) is 1. The lowest BCUT2D eigenvalue weighted by Crippen LogP contribution is -2.52. The van der Waals surface area contributed by atoms with E-state index in [0.717, 1.165) is 6.42 Å². The Kier molecular flexibility index (Phi) is 10.6. The van der Waals surface area contributed by atoms with Gasteiger partial charge < -0.3 is 4.74 Å². The molecule has 0 rings (SSSR count). The number of rotatable bonds is 7. The lowest BCUT2D eigenvalue weighted by Gasteiger charge is -2.31. The van der Waals surface area contributed by atoms with E-state index in [0.29, 0.717) is 31.8 Å². The predicted octanol–water partition coefficient (Wildman–Crippen LogP) is 2.18. The molecule has 0 bridgehead atoms. The summed E-state index contributed by atoms with van der Waals surface area (Å²) in [5, 5.41) is 0. The zero-order valence-electron chi connectivity index (χ0n) is 13.2. The van der Waals surface area contributed by atoms with E-state index < -0.39 is 10.3 Å². The van der Waals surface area contributed by atoms with Crippen LogP contribution in [0.3, 0.4) is 0 Å². The van der Waals surface area contributed by atoms with Crippen molar-refractivity contribution in [3.8, 4) is 0 Å². The Morgan fingerprint density at radius 1 is 1.20 bits per heavy atom. The molecule has 0 fully saturated rings. The molecule has 0 saturated heterocycles. The highest BCUT2D eigenvalue weighted by Crippen LogP contribution is 2.13. The lowest BCUT2D eigenvalue weighted by atomic mass is 10.4. The molecule has 0 saturated carbocycles. The SMILES string of the molecule is C=C(C)C(=O)OCC.CCC[N+](CC)(CC)S(=O)(=O)O. The van der Waals surface area contributed by atoms with Crippen LogP contribution in [0.25, 0.3) is 0 Å². The highest BCUT2D eigenvalue weighted by atomic mass is 32.2. The van der Waals surface area contributed by atoms with Crippen molar-refractivity contribution in [1.29, 1.82) is 0 Å². The summed E-state index contributed by atoms with van der Waals surface area (Å²) in [6.45, 7) is 14.0. The van der Waals surface area contributed by atoms with E-state index in [1.54, 1.807) is 27.7 Å². The largest absolute Gasteiger partial charge is 0.463 e. The molecule has 0 amide bonds. The first kappa shape index (κ1) is 21.4. The molecule has 0 aliphatic carbocycles. The van der Waals surface area contributed by atoms with Crippen LogP contribution in [0, 0.1) is 0 Å². The van der Waals surface area contributed by atoms with Crippen LogP contribution in [-0.4, -0.2) is 49.1 Å². The van der Waals surface area contributed by atoms with Gasteiger partial charge in [0.05, 0.1) is 26.2 Å². The third-order valence-corrected chi connectivity index (χ3v) is 4.57. The fraction of sp³-hybridized carbons (Fsp3) is 0.769. The Bertz CT molecular complexity index is 399. The summed E-state index contributed by atoms with van der Waals surface area (Å²) in [6.07, 6.45) is 0.751. The summed E-state index contributed by atoms with van der Waals surface area (Å²) in [4.78, 5) is 10.4. The summed E-state index contributed by atoms with van der Waals surface area (Å²) in [7, 11) is -3.95. The average molecular weight is 310 g/mol. The van der Waals surface area contributed by atoms with Gasteiger partial charge in [0, 0.05) is 5.57 Å². The van der Waals surface area contributed by atoms with E-state index in [2.05, 4.69) is 11.3 Å². The van der Waals surface area contributed by atoms with Crippen molar-refractivity contribution in [1.82, 2.24) is 0 Å². The lowest BCUT2D eigenvalue weighted by molar-refractivity contribution is -0.807. The van der Waals surface area contributed by atoms with Crippen LogP contribution in [0.4, 0.5) is 0 Å². The molecule has 0 aromatic heterocycles. The first-order chi connectivity index (χ1) is 9.11. The van der Waals surface area contributed by atoms with Gasteiger partial charge in [0.15, 0.2) is 0 Å². The Hall–Kier alpha value is -0.920. The van der Waals surface area contributed by atoms with Crippen molar-refractivity contribution in [2.75, 3.05) is 26.2 Å². The van der Waals surface area contributed by atoms with Gasteiger partial charge in [0.2, 0.25) is 0 Å². The van der Waals surface area contributed by atoms with E-state index in [1.165, 1.54) is 0 Å². The number of carbonyl (C=O) groups excluding carboxylic acids is 1. The summed E-state index contributed by atoms with van der Waals surface area (Å²) in [5.74, 6) is -0.312. The Morgan fingerprint density at radius 3 is 1.75 bits per heavy atom. The Morgan fingerprint density at radius 2 is 1.65 bits per heavy atom. The minimum absolute atomic E-state index is 0.219. The van der Waals surface area contributed by atoms with Crippen LogP contribution < -0.4 is 0 Å². The molecule has 1 N–H and O–H groups in total. The maximum Gasteiger partial charge on any atom is 0.432 e. The van der Waals surface area contributed by atoms with Crippen LogP contribution in [0.15, 0.2) is 12.2 Å². The monoisotopic (exact) mass is 310 g/mol. The second-order valence-corrected chi connectivity index (χ2v) is 6.03. The molecule has 0 atom stereocenters. The first-order valence-electron chi connectivity index (χ1n) is 6.78. The minimum atomic E-state index is -3.95. The van der Waals surface area contributed by atoms with Gasteiger partial charge in [-0.1, -0.05) is 13.5 Å². The van der Waals surface area contributed by atoms with Gasteiger partial charge in [0.1, 0.15) is 0 Å². The van der Waals surface area contributed by atoms with Crippen molar-refractivity contribution in [2.24, 2.45) is 0 Å². The molecule has 0 aromatic rings. The molecule has 20 heavy (non-hydrogen) atoms. The second kappa shape index (κ2) is 9.90. The normalized spacial score (nSPS) is 11.3. The molecular formula is C13H28NO5S+. The molecular weight excluding hydrogens is 282 g/mol. The van der Waals surface area contributed by atoms with E-state index in [-0.39, 0.29) is 9.86 Å². The van der Waals surface area contributed by atoms with Crippen molar-refractivity contribution in [3.05, 3.63) is 12.2 Å². The predicted molar refractivity (Wildman–Crippen MR) is 79.5 cm³/mol. The van der Waals surface area contributed by atoms with Gasteiger partial charge in [-0.25, -0.2) is 9.35 Å².